The lowest BCUT2D eigenvalue weighted by molar-refractivity contribution is -0.138. The summed E-state index contributed by atoms with van der Waals surface area (Å²) in [5.74, 6) is -1.65. The molecule has 0 fully saturated rings. The minimum Gasteiger partial charge on any atom is -0.368 e. The molecule has 0 bridgehead atoms. The average Bonchev–Trinajstić information content (AvgIpc) is 2.98. The highest BCUT2D eigenvalue weighted by Crippen LogP contribution is 2.21. The topological polar surface area (TPSA) is 94.1 Å². The van der Waals surface area contributed by atoms with Crippen LogP contribution in [0.1, 0.15) is 11.6 Å². The van der Waals surface area contributed by atoms with E-state index in [4.69, 9.17) is 5.73 Å². The number of hydrogen-bond donors (Lipinski definition) is 1. The lowest BCUT2D eigenvalue weighted by Gasteiger charge is -2.26. The van der Waals surface area contributed by atoms with E-state index in [0.717, 1.165) is 0 Å². The van der Waals surface area contributed by atoms with Crippen LogP contribution in [-0.2, 0) is 16.1 Å². The smallest absolute Gasteiger partial charge is 0.245 e. The van der Waals surface area contributed by atoms with Gasteiger partial charge in [-0.25, -0.2) is 9.07 Å². The van der Waals surface area contributed by atoms with Crippen LogP contribution in [0.3, 0.4) is 0 Å². The number of nitrogens with zero attached hydrogens (tertiary/aromatic N) is 4. The Labute approximate surface area is 142 Å². The van der Waals surface area contributed by atoms with E-state index in [0.29, 0.717) is 16.6 Å². The van der Waals surface area contributed by atoms with Crippen LogP contribution < -0.4 is 5.73 Å². The summed E-state index contributed by atoms with van der Waals surface area (Å²) in [6.07, 6.45) is 0. The molecule has 0 aliphatic heterocycles. The first-order valence-corrected chi connectivity index (χ1v) is 7.56. The Kier molecular flexibility index (Phi) is 4.42. The molecule has 0 radical (unpaired) electrons. The second kappa shape index (κ2) is 6.68. The number of carbonyl (C=O) groups excluding carboxylic acids is 2. The molecule has 0 spiro atoms. The molecule has 2 amide bonds. The van der Waals surface area contributed by atoms with Gasteiger partial charge in [-0.1, -0.05) is 29.5 Å². The van der Waals surface area contributed by atoms with Crippen molar-refractivity contribution in [1.82, 2.24) is 19.9 Å². The number of halogens is 1. The van der Waals surface area contributed by atoms with Crippen molar-refractivity contribution in [3.05, 3.63) is 59.9 Å². The zero-order valence-corrected chi connectivity index (χ0v) is 13.5. The molecule has 0 aliphatic rings. The summed E-state index contributed by atoms with van der Waals surface area (Å²) < 4.78 is 14.9. The fourth-order valence-corrected chi connectivity index (χ4v) is 2.67. The van der Waals surface area contributed by atoms with E-state index in [-0.39, 0.29) is 6.54 Å². The van der Waals surface area contributed by atoms with Gasteiger partial charge in [-0.05, 0) is 29.8 Å². The van der Waals surface area contributed by atoms with Crippen molar-refractivity contribution in [3.63, 3.8) is 0 Å². The van der Waals surface area contributed by atoms with Crippen LogP contribution in [0, 0.1) is 5.82 Å². The zero-order chi connectivity index (χ0) is 18.0. The normalized spacial score (nSPS) is 12.1. The van der Waals surface area contributed by atoms with E-state index in [1.165, 1.54) is 34.8 Å². The molecular formula is C17H16FN5O2. The van der Waals surface area contributed by atoms with E-state index >= 15 is 0 Å². The molecule has 1 atom stereocenters. The maximum atomic E-state index is 13.5. The van der Waals surface area contributed by atoms with Crippen LogP contribution in [0.15, 0.2) is 48.5 Å². The molecule has 25 heavy (non-hydrogen) atoms. The molecular weight excluding hydrogens is 325 g/mol. The zero-order valence-electron chi connectivity index (χ0n) is 13.5. The van der Waals surface area contributed by atoms with Crippen molar-refractivity contribution in [2.75, 3.05) is 7.05 Å². The molecule has 8 heteroatoms. The van der Waals surface area contributed by atoms with Gasteiger partial charge in [0.15, 0.2) is 0 Å². The summed E-state index contributed by atoms with van der Waals surface area (Å²) in [6.45, 7) is -0.115. The Morgan fingerprint density at radius 1 is 1.24 bits per heavy atom. The third-order valence-electron chi connectivity index (χ3n) is 3.92. The van der Waals surface area contributed by atoms with Crippen molar-refractivity contribution in [2.24, 2.45) is 5.73 Å². The minimum absolute atomic E-state index is 0.115. The summed E-state index contributed by atoms with van der Waals surface area (Å²) in [6, 6.07) is 11.6. The Morgan fingerprint density at radius 2 is 2.00 bits per heavy atom. The summed E-state index contributed by atoms with van der Waals surface area (Å²) >= 11 is 0. The number of carbonyl (C=O) groups is 2. The van der Waals surface area contributed by atoms with Crippen LogP contribution in [0.2, 0.25) is 0 Å². The molecule has 3 rings (SSSR count). The van der Waals surface area contributed by atoms with E-state index in [2.05, 4.69) is 10.3 Å². The van der Waals surface area contributed by atoms with Gasteiger partial charge in [0.2, 0.25) is 11.8 Å². The number of hydrogen-bond acceptors (Lipinski definition) is 4. The van der Waals surface area contributed by atoms with Crippen LogP contribution in [0.4, 0.5) is 4.39 Å². The van der Waals surface area contributed by atoms with E-state index in [1.54, 1.807) is 18.2 Å². The van der Waals surface area contributed by atoms with Crippen molar-refractivity contribution in [2.45, 2.75) is 12.6 Å². The highest BCUT2D eigenvalue weighted by molar-refractivity contribution is 5.88. The first-order chi connectivity index (χ1) is 12.0. The second-order valence-electron chi connectivity index (χ2n) is 5.60. The molecule has 1 unspecified atom stereocenters. The largest absolute Gasteiger partial charge is 0.368 e. The molecule has 128 valence electrons. The minimum atomic E-state index is -1.07. The first-order valence-electron chi connectivity index (χ1n) is 7.56. The highest BCUT2D eigenvalue weighted by Gasteiger charge is 2.27. The van der Waals surface area contributed by atoms with Gasteiger partial charge in [0.05, 0.1) is 5.52 Å². The molecule has 2 aromatic carbocycles. The molecule has 1 heterocycles. The van der Waals surface area contributed by atoms with Gasteiger partial charge in [0.25, 0.3) is 0 Å². The Balaban J connectivity index is 1.86. The number of amides is 2. The Hall–Kier alpha value is -3.29. The lowest BCUT2D eigenvalue weighted by atomic mass is 10.0. The fraction of sp³-hybridized carbons (Fsp3) is 0.176. The predicted molar refractivity (Wildman–Crippen MR) is 88.6 cm³/mol. The summed E-state index contributed by atoms with van der Waals surface area (Å²) in [5.41, 5.74) is 7.10. The number of likely N-dealkylation sites (N-methyl/N-ethyl adjacent to an activating group) is 1. The maximum absolute atomic E-state index is 13.5. The first kappa shape index (κ1) is 16.6. The van der Waals surface area contributed by atoms with Gasteiger partial charge < -0.3 is 10.6 Å². The van der Waals surface area contributed by atoms with Gasteiger partial charge in [-0.2, -0.15) is 0 Å². The summed E-state index contributed by atoms with van der Waals surface area (Å²) in [7, 11) is 1.45. The number of aromatic nitrogens is 3. The van der Waals surface area contributed by atoms with Crippen LogP contribution >= 0.6 is 0 Å². The van der Waals surface area contributed by atoms with Gasteiger partial charge in [-0.3, -0.25) is 9.59 Å². The molecule has 0 saturated carbocycles. The van der Waals surface area contributed by atoms with Gasteiger partial charge >= 0.3 is 0 Å². The number of primary amides is 1. The molecule has 1 aromatic heterocycles. The predicted octanol–water partition coefficient (Wildman–Crippen LogP) is 1.26. The maximum Gasteiger partial charge on any atom is 0.245 e. The Bertz CT molecular complexity index is 939. The van der Waals surface area contributed by atoms with Crippen LogP contribution in [-0.4, -0.2) is 38.8 Å². The number of fused-ring (bicyclic) bond motifs is 1. The van der Waals surface area contributed by atoms with E-state index in [1.807, 2.05) is 12.1 Å². The third-order valence-corrected chi connectivity index (χ3v) is 3.92. The lowest BCUT2D eigenvalue weighted by Crippen LogP contribution is -2.40. The molecule has 7 nitrogen and oxygen atoms in total. The number of para-hydroxylation sites is 1. The van der Waals surface area contributed by atoms with Gasteiger partial charge in [0, 0.05) is 7.05 Å². The fourth-order valence-electron chi connectivity index (χ4n) is 2.67. The molecule has 3 aromatic rings. The van der Waals surface area contributed by atoms with E-state index in [9.17, 15) is 14.0 Å². The van der Waals surface area contributed by atoms with Crippen molar-refractivity contribution < 1.29 is 14.0 Å². The molecule has 2 N–H and O–H groups in total. The highest BCUT2D eigenvalue weighted by atomic mass is 19.1. The monoisotopic (exact) mass is 341 g/mol. The number of nitrogens with two attached hydrogens (primary N) is 1. The Morgan fingerprint density at radius 3 is 2.72 bits per heavy atom. The number of benzene rings is 2. The van der Waals surface area contributed by atoms with Crippen molar-refractivity contribution in [1.29, 1.82) is 0 Å². The van der Waals surface area contributed by atoms with Crippen LogP contribution in [0.25, 0.3) is 11.0 Å². The van der Waals surface area contributed by atoms with Gasteiger partial charge in [-0.15, -0.1) is 5.10 Å². The summed E-state index contributed by atoms with van der Waals surface area (Å²) in [5, 5.41) is 7.93. The standard InChI is InChI=1S/C17H16FN5O2/c1-22(16(17(19)25)11-5-4-6-12(18)9-11)15(24)10-23-14-8-3-2-7-13(14)20-21-23/h2-9,16H,10H2,1H3,(H2,19,25). The average molecular weight is 341 g/mol. The van der Waals surface area contributed by atoms with Crippen LogP contribution in [0.5, 0.6) is 0 Å². The SMILES string of the molecule is CN(C(=O)Cn1nnc2ccccc21)C(C(N)=O)c1cccc(F)c1. The van der Waals surface area contributed by atoms with Crippen molar-refractivity contribution >= 4 is 22.8 Å². The molecule has 0 saturated heterocycles. The van der Waals surface area contributed by atoms with E-state index < -0.39 is 23.7 Å². The summed E-state index contributed by atoms with van der Waals surface area (Å²) in [4.78, 5) is 25.6. The van der Waals surface area contributed by atoms with Gasteiger partial charge in [0.1, 0.15) is 23.9 Å². The number of rotatable bonds is 5. The third kappa shape index (κ3) is 3.32. The second-order valence-corrected chi connectivity index (χ2v) is 5.60. The quantitative estimate of drug-likeness (QED) is 0.756. The van der Waals surface area contributed by atoms with Crippen molar-refractivity contribution in [3.8, 4) is 0 Å². The molecule has 0 aliphatic carbocycles.